The average Bonchev–Trinajstić information content (AvgIpc) is 2.06. The molecular formula is C11H25N. The van der Waals surface area contributed by atoms with Crippen LogP contribution in [0.15, 0.2) is 0 Å². The largest absolute Gasteiger partial charge is 0.330 e. The van der Waals surface area contributed by atoms with Crippen molar-refractivity contribution in [2.24, 2.45) is 11.1 Å². The van der Waals surface area contributed by atoms with Gasteiger partial charge in [0.2, 0.25) is 0 Å². The SMILES string of the molecule is CCCC(CN)(CCC)CCC. The van der Waals surface area contributed by atoms with E-state index in [9.17, 15) is 0 Å². The molecule has 12 heavy (non-hydrogen) atoms. The van der Waals surface area contributed by atoms with E-state index in [0.717, 1.165) is 6.54 Å². The van der Waals surface area contributed by atoms with E-state index in [-0.39, 0.29) is 0 Å². The van der Waals surface area contributed by atoms with Gasteiger partial charge in [-0.3, -0.25) is 0 Å². The molecule has 0 aromatic heterocycles. The Labute approximate surface area is 77.7 Å². The molecular weight excluding hydrogens is 146 g/mol. The normalized spacial score (nSPS) is 12.0. The Hall–Kier alpha value is -0.0400. The highest BCUT2D eigenvalue weighted by Crippen LogP contribution is 2.33. The van der Waals surface area contributed by atoms with Crippen molar-refractivity contribution >= 4 is 0 Å². The summed E-state index contributed by atoms with van der Waals surface area (Å²) in [6.07, 6.45) is 7.76. The summed E-state index contributed by atoms with van der Waals surface area (Å²) < 4.78 is 0. The van der Waals surface area contributed by atoms with Crippen LogP contribution in [0.3, 0.4) is 0 Å². The van der Waals surface area contributed by atoms with E-state index < -0.39 is 0 Å². The lowest BCUT2D eigenvalue weighted by atomic mass is 9.76. The minimum Gasteiger partial charge on any atom is -0.330 e. The fraction of sp³-hybridized carbons (Fsp3) is 1.00. The van der Waals surface area contributed by atoms with Crippen LogP contribution in [0, 0.1) is 5.41 Å². The summed E-state index contributed by atoms with van der Waals surface area (Å²) >= 11 is 0. The zero-order valence-electron chi connectivity index (χ0n) is 9.03. The third kappa shape index (κ3) is 3.57. The molecule has 0 saturated carbocycles. The summed E-state index contributed by atoms with van der Waals surface area (Å²) in [4.78, 5) is 0. The maximum absolute atomic E-state index is 5.87. The average molecular weight is 171 g/mol. The predicted octanol–water partition coefficient (Wildman–Crippen LogP) is 3.33. The van der Waals surface area contributed by atoms with E-state index in [1.807, 2.05) is 0 Å². The highest BCUT2D eigenvalue weighted by atomic mass is 14.6. The van der Waals surface area contributed by atoms with Gasteiger partial charge in [0.25, 0.3) is 0 Å². The quantitative estimate of drug-likeness (QED) is 0.624. The first-order valence-corrected chi connectivity index (χ1v) is 5.44. The van der Waals surface area contributed by atoms with Gasteiger partial charge in [0.05, 0.1) is 0 Å². The second-order valence-corrected chi connectivity index (χ2v) is 3.95. The zero-order valence-corrected chi connectivity index (χ0v) is 9.03. The van der Waals surface area contributed by atoms with Gasteiger partial charge in [0.15, 0.2) is 0 Å². The Bertz CT molecular complexity index is 82.2. The van der Waals surface area contributed by atoms with Gasteiger partial charge >= 0.3 is 0 Å². The van der Waals surface area contributed by atoms with Crippen LogP contribution in [0.25, 0.3) is 0 Å². The van der Waals surface area contributed by atoms with Gasteiger partial charge in [-0.2, -0.15) is 0 Å². The van der Waals surface area contributed by atoms with Crippen molar-refractivity contribution < 1.29 is 0 Å². The van der Waals surface area contributed by atoms with Crippen LogP contribution >= 0.6 is 0 Å². The summed E-state index contributed by atoms with van der Waals surface area (Å²) in [5.41, 5.74) is 6.34. The molecule has 0 saturated heterocycles. The van der Waals surface area contributed by atoms with Crippen LogP contribution in [0.2, 0.25) is 0 Å². The Morgan fingerprint density at radius 3 is 1.33 bits per heavy atom. The van der Waals surface area contributed by atoms with Crippen molar-refractivity contribution in [1.82, 2.24) is 0 Å². The van der Waals surface area contributed by atoms with Gasteiger partial charge in [-0.25, -0.2) is 0 Å². The molecule has 74 valence electrons. The van der Waals surface area contributed by atoms with E-state index >= 15 is 0 Å². The molecule has 0 aromatic rings. The van der Waals surface area contributed by atoms with Crippen LogP contribution in [0.1, 0.15) is 59.3 Å². The Morgan fingerprint density at radius 1 is 0.833 bits per heavy atom. The molecule has 0 rings (SSSR count). The van der Waals surface area contributed by atoms with Gasteiger partial charge in [-0.15, -0.1) is 0 Å². The Kier molecular flexibility index (Phi) is 6.45. The molecule has 0 heterocycles. The summed E-state index contributed by atoms with van der Waals surface area (Å²) in [6.45, 7) is 7.66. The Morgan fingerprint density at radius 2 is 1.17 bits per heavy atom. The van der Waals surface area contributed by atoms with Crippen LogP contribution in [-0.4, -0.2) is 6.54 Å². The first-order chi connectivity index (χ1) is 5.74. The van der Waals surface area contributed by atoms with Crippen molar-refractivity contribution in [2.45, 2.75) is 59.3 Å². The molecule has 0 spiro atoms. The van der Waals surface area contributed by atoms with Crippen molar-refractivity contribution in [3.8, 4) is 0 Å². The van der Waals surface area contributed by atoms with Crippen molar-refractivity contribution in [3.63, 3.8) is 0 Å². The van der Waals surface area contributed by atoms with E-state index in [0.29, 0.717) is 5.41 Å². The van der Waals surface area contributed by atoms with Crippen molar-refractivity contribution in [1.29, 1.82) is 0 Å². The van der Waals surface area contributed by atoms with Crippen molar-refractivity contribution in [3.05, 3.63) is 0 Å². The number of rotatable bonds is 7. The minimum absolute atomic E-state index is 0.470. The fourth-order valence-electron chi connectivity index (χ4n) is 2.27. The minimum atomic E-state index is 0.470. The number of nitrogens with two attached hydrogens (primary N) is 1. The third-order valence-electron chi connectivity index (χ3n) is 2.77. The lowest BCUT2D eigenvalue weighted by Crippen LogP contribution is -2.30. The maximum atomic E-state index is 5.87. The van der Waals surface area contributed by atoms with Gasteiger partial charge < -0.3 is 5.73 Å². The molecule has 0 aromatic carbocycles. The molecule has 1 heteroatoms. The van der Waals surface area contributed by atoms with Gasteiger partial charge in [-0.1, -0.05) is 40.0 Å². The molecule has 0 unspecified atom stereocenters. The van der Waals surface area contributed by atoms with E-state index in [1.165, 1.54) is 38.5 Å². The molecule has 0 radical (unpaired) electrons. The van der Waals surface area contributed by atoms with Crippen LogP contribution < -0.4 is 5.73 Å². The lowest BCUT2D eigenvalue weighted by molar-refractivity contribution is 0.222. The smallest absolute Gasteiger partial charge is 0.00205 e. The molecule has 1 nitrogen and oxygen atoms in total. The maximum Gasteiger partial charge on any atom is -0.00205 e. The molecule has 2 N–H and O–H groups in total. The van der Waals surface area contributed by atoms with Crippen molar-refractivity contribution in [2.75, 3.05) is 6.54 Å². The monoisotopic (exact) mass is 171 g/mol. The molecule has 0 atom stereocenters. The van der Waals surface area contributed by atoms with E-state index in [1.54, 1.807) is 0 Å². The van der Waals surface area contributed by atoms with E-state index in [2.05, 4.69) is 20.8 Å². The lowest BCUT2D eigenvalue weighted by Gasteiger charge is -2.31. The molecule has 0 amide bonds. The van der Waals surface area contributed by atoms with Gasteiger partial charge in [-0.05, 0) is 31.2 Å². The predicted molar refractivity (Wildman–Crippen MR) is 56.2 cm³/mol. The summed E-state index contributed by atoms with van der Waals surface area (Å²) in [6, 6.07) is 0. The summed E-state index contributed by atoms with van der Waals surface area (Å²) in [5.74, 6) is 0. The standard InChI is InChI=1S/C11H25N/c1-4-7-11(10-12,8-5-2)9-6-3/h4-10,12H2,1-3H3. The molecule has 0 aliphatic carbocycles. The number of hydrogen-bond acceptors (Lipinski definition) is 1. The molecule has 0 fully saturated rings. The molecule has 0 bridgehead atoms. The Balaban J connectivity index is 4.06. The first-order valence-electron chi connectivity index (χ1n) is 5.44. The second-order valence-electron chi connectivity index (χ2n) is 3.95. The van der Waals surface area contributed by atoms with Gasteiger partial charge in [0.1, 0.15) is 0 Å². The highest BCUT2D eigenvalue weighted by Gasteiger charge is 2.24. The van der Waals surface area contributed by atoms with E-state index in [4.69, 9.17) is 5.73 Å². The third-order valence-corrected chi connectivity index (χ3v) is 2.77. The highest BCUT2D eigenvalue weighted by molar-refractivity contribution is 4.78. The zero-order chi connectivity index (χ0) is 9.45. The van der Waals surface area contributed by atoms with Crippen LogP contribution in [0.4, 0.5) is 0 Å². The van der Waals surface area contributed by atoms with Gasteiger partial charge in [0, 0.05) is 0 Å². The topological polar surface area (TPSA) is 26.0 Å². The first kappa shape index (κ1) is 12.0. The van der Waals surface area contributed by atoms with Crippen LogP contribution in [-0.2, 0) is 0 Å². The molecule has 0 aliphatic rings. The number of hydrogen-bond donors (Lipinski definition) is 1. The summed E-state index contributed by atoms with van der Waals surface area (Å²) in [7, 11) is 0. The van der Waals surface area contributed by atoms with Crippen LogP contribution in [0.5, 0.6) is 0 Å². The second kappa shape index (κ2) is 6.47. The molecule has 0 aliphatic heterocycles. The fourth-order valence-corrected chi connectivity index (χ4v) is 2.27. The summed E-state index contributed by atoms with van der Waals surface area (Å²) in [5, 5.41) is 0.